The van der Waals surface area contributed by atoms with Crippen molar-refractivity contribution in [2.24, 2.45) is 0 Å². The van der Waals surface area contributed by atoms with Crippen molar-refractivity contribution in [3.05, 3.63) is 35.4 Å². The van der Waals surface area contributed by atoms with Crippen molar-refractivity contribution in [2.45, 2.75) is 19.8 Å². The van der Waals surface area contributed by atoms with Crippen LogP contribution in [-0.2, 0) is 14.3 Å². The van der Waals surface area contributed by atoms with Crippen molar-refractivity contribution < 1.29 is 19.1 Å². The molecule has 0 aliphatic carbocycles. The van der Waals surface area contributed by atoms with Crippen LogP contribution in [0.15, 0.2) is 24.3 Å². The highest BCUT2D eigenvalue weighted by molar-refractivity contribution is 5.95. The van der Waals surface area contributed by atoms with Gasteiger partial charge in [-0.3, -0.25) is 14.4 Å². The molecule has 0 heterocycles. The molecule has 0 saturated carbocycles. The van der Waals surface area contributed by atoms with Crippen LogP contribution in [0, 0.1) is 6.92 Å². The lowest BCUT2D eigenvalue weighted by Crippen LogP contribution is -2.32. The Kier molecular flexibility index (Phi) is 6.94. The van der Waals surface area contributed by atoms with E-state index in [1.54, 1.807) is 12.1 Å². The number of carbonyl (C=O) groups is 3. The molecule has 0 unspecified atom stereocenters. The van der Waals surface area contributed by atoms with Crippen molar-refractivity contribution in [3.63, 3.8) is 0 Å². The minimum absolute atomic E-state index is 0.137. The topological polar surface area (TPSA) is 84.5 Å². The Bertz CT molecular complexity index is 514. The quantitative estimate of drug-likeness (QED) is 0.728. The summed E-state index contributed by atoms with van der Waals surface area (Å²) in [6, 6.07) is 7.25. The summed E-state index contributed by atoms with van der Waals surface area (Å²) in [5.74, 6) is -0.789. The van der Waals surface area contributed by atoms with Crippen LogP contribution in [0.5, 0.6) is 0 Å². The Hall–Kier alpha value is -2.37. The Labute approximate surface area is 123 Å². The Morgan fingerprint density at radius 1 is 1.05 bits per heavy atom. The lowest BCUT2D eigenvalue weighted by molar-refractivity contribution is -0.140. The molecule has 0 atom stereocenters. The van der Waals surface area contributed by atoms with E-state index >= 15 is 0 Å². The van der Waals surface area contributed by atoms with E-state index in [-0.39, 0.29) is 43.7 Å². The van der Waals surface area contributed by atoms with Crippen LogP contribution in [0.2, 0.25) is 0 Å². The van der Waals surface area contributed by atoms with E-state index in [1.165, 1.54) is 7.11 Å². The lowest BCUT2D eigenvalue weighted by Gasteiger charge is -2.08. The van der Waals surface area contributed by atoms with Gasteiger partial charge >= 0.3 is 5.97 Å². The monoisotopic (exact) mass is 292 g/mol. The van der Waals surface area contributed by atoms with Crippen molar-refractivity contribution in [1.82, 2.24) is 10.6 Å². The number of nitrogens with one attached hydrogen (secondary N) is 2. The van der Waals surface area contributed by atoms with Crippen LogP contribution < -0.4 is 10.6 Å². The third kappa shape index (κ3) is 6.07. The van der Waals surface area contributed by atoms with Gasteiger partial charge in [-0.25, -0.2) is 0 Å². The predicted octanol–water partition coefficient (Wildman–Crippen LogP) is 0.794. The molecule has 0 spiro atoms. The first kappa shape index (κ1) is 16.7. The molecule has 6 heteroatoms. The molecule has 0 aromatic heterocycles. The fraction of sp³-hybridized carbons (Fsp3) is 0.400. The third-order valence-corrected chi connectivity index (χ3v) is 2.91. The Morgan fingerprint density at radius 2 is 1.71 bits per heavy atom. The summed E-state index contributed by atoms with van der Waals surface area (Å²) in [6.07, 6.45) is 0.302. The number of benzene rings is 1. The number of esters is 1. The van der Waals surface area contributed by atoms with Gasteiger partial charge in [0.05, 0.1) is 13.5 Å². The van der Waals surface area contributed by atoms with Gasteiger partial charge in [-0.2, -0.15) is 0 Å². The first-order valence-electron chi connectivity index (χ1n) is 6.72. The standard InChI is InChI=1S/C15H20N2O4/c1-11-5-3-4-6-12(11)15(20)17-9-7-13(18)16-10-8-14(19)21-2/h3-6H,7-10H2,1-2H3,(H,16,18)(H,17,20). The van der Waals surface area contributed by atoms with Crippen molar-refractivity contribution in [2.75, 3.05) is 20.2 Å². The average molecular weight is 292 g/mol. The molecule has 114 valence electrons. The molecule has 0 saturated heterocycles. The van der Waals surface area contributed by atoms with Crippen LogP contribution in [0.4, 0.5) is 0 Å². The first-order valence-corrected chi connectivity index (χ1v) is 6.72. The number of amides is 2. The van der Waals surface area contributed by atoms with Crippen LogP contribution in [0.1, 0.15) is 28.8 Å². The molecular weight excluding hydrogens is 272 g/mol. The maximum atomic E-state index is 11.9. The normalized spacial score (nSPS) is 9.81. The number of hydrogen-bond donors (Lipinski definition) is 2. The van der Waals surface area contributed by atoms with E-state index in [0.29, 0.717) is 5.56 Å². The predicted molar refractivity (Wildman–Crippen MR) is 77.8 cm³/mol. The summed E-state index contributed by atoms with van der Waals surface area (Å²) < 4.78 is 4.46. The summed E-state index contributed by atoms with van der Waals surface area (Å²) in [4.78, 5) is 34.2. The molecule has 0 radical (unpaired) electrons. The van der Waals surface area contributed by atoms with Gasteiger partial charge in [0, 0.05) is 25.1 Å². The molecule has 2 N–H and O–H groups in total. The van der Waals surface area contributed by atoms with E-state index in [2.05, 4.69) is 15.4 Å². The Morgan fingerprint density at radius 3 is 2.38 bits per heavy atom. The second-order valence-corrected chi connectivity index (χ2v) is 4.50. The zero-order valence-corrected chi connectivity index (χ0v) is 12.3. The fourth-order valence-electron chi connectivity index (χ4n) is 1.71. The molecule has 0 aliphatic rings. The molecule has 1 rings (SSSR count). The number of ether oxygens (including phenoxy) is 1. The largest absolute Gasteiger partial charge is 0.469 e. The van der Waals surface area contributed by atoms with Gasteiger partial charge in [0.2, 0.25) is 5.91 Å². The maximum Gasteiger partial charge on any atom is 0.307 e. The average Bonchev–Trinajstić information content (AvgIpc) is 2.47. The molecule has 1 aromatic rings. The van der Waals surface area contributed by atoms with Gasteiger partial charge in [-0.15, -0.1) is 0 Å². The van der Waals surface area contributed by atoms with Gasteiger partial charge in [-0.1, -0.05) is 18.2 Å². The molecular formula is C15H20N2O4. The van der Waals surface area contributed by atoms with E-state index in [1.807, 2.05) is 19.1 Å². The highest BCUT2D eigenvalue weighted by atomic mass is 16.5. The molecule has 0 fully saturated rings. The summed E-state index contributed by atoms with van der Waals surface area (Å²) in [7, 11) is 1.30. The molecule has 0 aliphatic heterocycles. The first-order chi connectivity index (χ1) is 10.0. The van der Waals surface area contributed by atoms with Crippen LogP contribution in [-0.4, -0.2) is 38.0 Å². The summed E-state index contributed by atoms with van der Waals surface area (Å²) in [5.41, 5.74) is 1.49. The van der Waals surface area contributed by atoms with E-state index in [4.69, 9.17) is 0 Å². The molecule has 2 amide bonds. The third-order valence-electron chi connectivity index (χ3n) is 2.91. The summed E-state index contributed by atoms with van der Waals surface area (Å²) >= 11 is 0. The summed E-state index contributed by atoms with van der Waals surface area (Å²) in [6.45, 7) is 2.34. The number of rotatable bonds is 7. The molecule has 21 heavy (non-hydrogen) atoms. The minimum atomic E-state index is -0.372. The van der Waals surface area contributed by atoms with Crippen molar-refractivity contribution >= 4 is 17.8 Å². The van der Waals surface area contributed by atoms with E-state index < -0.39 is 0 Å². The maximum absolute atomic E-state index is 11.9. The lowest BCUT2D eigenvalue weighted by atomic mass is 10.1. The van der Waals surface area contributed by atoms with Gasteiger partial charge in [-0.05, 0) is 18.6 Å². The van der Waals surface area contributed by atoms with Gasteiger partial charge in [0.1, 0.15) is 0 Å². The van der Waals surface area contributed by atoms with Crippen molar-refractivity contribution in [3.8, 4) is 0 Å². The smallest absolute Gasteiger partial charge is 0.307 e. The molecule has 1 aromatic carbocycles. The summed E-state index contributed by atoms with van der Waals surface area (Å²) in [5, 5.41) is 5.27. The zero-order chi connectivity index (χ0) is 15.7. The van der Waals surface area contributed by atoms with Gasteiger partial charge in [0.25, 0.3) is 5.91 Å². The SMILES string of the molecule is COC(=O)CCNC(=O)CCNC(=O)c1ccccc1C. The number of aryl methyl sites for hydroxylation is 1. The number of hydrogen-bond acceptors (Lipinski definition) is 4. The molecule has 0 bridgehead atoms. The second-order valence-electron chi connectivity index (χ2n) is 4.50. The number of carbonyl (C=O) groups excluding carboxylic acids is 3. The number of methoxy groups -OCH3 is 1. The van der Waals surface area contributed by atoms with E-state index in [9.17, 15) is 14.4 Å². The second kappa shape index (κ2) is 8.73. The highest BCUT2D eigenvalue weighted by Gasteiger charge is 2.08. The minimum Gasteiger partial charge on any atom is -0.469 e. The highest BCUT2D eigenvalue weighted by Crippen LogP contribution is 2.06. The van der Waals surface area contributed by atoms with Crippen LogP contribution in [0.25, 0.3) is 0 Å². The Balaban J connectivity index is 2.24. The molecule has 6 nitrogen and oxygen atoms in total. The van der Waals surface area contributed by atoms with Crippen LogP contribution >= 0.6 is 0 Å². The van der Waals surface area contributed by atoms with Gasteiger partial charge in [0.15, 0.2) is 0 Å². The fourth-order valence-corrected chi connectivity index (χ4v) is 1.71. The van der Waals surface area contributed by atoms with Crippen LogP contribution in [0.3, 0.4) is 0 Å². The van der Waals surface area contributed by atoms with Crippen molar-refractivity contribution in [1.29, 1.82) is 0 Å². The van der Waals surface area contributed by atoms with E-state index in [0.717, 1.165) is 5.56 Å². The van der Waals surface area contributed by atoms with Gasteiger partial charge < -0.3 is 15.4 Å². The zero-order valence-electron chi connectivity index (χ0n) is 12.3.